The van der Waals surface area contributed by atoms with Crippen molar-refractivity contribution < 1.29 is 17.9 Å². The molecule has 0 aliphatic carbocycles. The Bertz CT molecular complexity index is 931. The number of thioether (sulfide) groups is 1. The third-order valence-electron chi connectivity index (χ3n) is 4.47. The molecule has 0 bridgehead atoms. The molecular formula is C17H23N5O4S2. The fraction of sp³-hybridized carbons (Fsp3) is 0.529. The van der Waals surface area contributed by atoms with Gasteiger partial charge in [0.05, 0.1) is 23.9 Å². The number of amides is 1. The quantitative estimate of drug-likeness (QED) is 0.581. The number of nitrogens with zero attached hydrogens (tertiary/aromatic N) is 5. The Morgan fingerprint density at radius 3 is 2.82 bits per heavy atom. The van der Waals surface area contributed by atoms with E-state index in [4.69, 9.17) is 4.74 Å². The van der Waals surface area contributed by atoms with Crippen LogP contribution in [0.15, 0.2) is 29.4 Å². The Balaban J connectivity index is 1.71. The summed E-state index contributed by atoms with van der Waals surface area (Å²) in [6, 6.07) is 7.15. The van der Waals surface area contributed by atoms with Gasteiger partial charge in [-0.05, 0) is 42.8 Å². The molecule has 2 aromatic rings. The van der Waals surface area contributed by atoms with Crippen molar-refractivity contribution in [3.63, 3.8) is 0 Å². The van der Waals surface area contributed by atoms with Gasteiger partial charge in [-0.25, -0.2) is 8.42 Å². The van der Waals surface area contributed by atoms with Crippen LogP contribution in [0.2, 0.25) is 0 Å². The van der Waals surface area contributed by atoms with Crippen molar-refractivity contribution in [1.82, 2.24) is 25.1 Å². The summed E-state index contributed by atoms with van der Waals surface area (Å²) in [5, 5.41) is 12.2. The summed E-state index contributed by atoms with van der Waals surface area (Å²) >= 11 is 1.22. The smallest absolute Gasteiger partial charge is 0.233 e. The molecule has 152 valence electrons. The topological polar surface area (TPSA) is 107 Å². The number of hydrogen-bond acceptors (Lipinski definition) is 8. The van der Waals surface area contributed by atoms with E-state index in [9.17, 15) is 13.2 Å². The summed E-state index contributed by atoms with van der Waals surface area (Å²) < 4.78 is 30.6. The summed E-state index contributed by atoms with van der Waals surface area (Å²) in [4.78, 5) is 14.3. The Morgan fingerprint density at radius 2 is 2.14 bits per heavy atom. The molecule has 1 aromatic heterocycles. The van der Waals surface area contributed by atoms with Gasteiger partial charge < -0.3 is 9.64 Å². The second-order valence-corrected chi connectivity index (χ2v) is 9.47. The SMILES string of the molecule is CCOc1ccccc1-n1nnnc1SCC(=O)N(CC)[C@@H]1CCS(=O)(=O)C1. The lowest BCUT2D eigenvalue weighted by molar-refractivity contribution is -0.129. The molecule has 1 amide bonds. The first-order chi connectivity index (χ1) is 13.4. The molecule has 1 saturated heterocycles. The zero-order valence-corrected chi connectivity index (χ0v) is 17.4. The molecule has 1 aliphatic heterocycles. The number of ether oxygens (including phenoxy) is 1. The van der Waals surface area contributed by atoms with Crippen LogP contribution in [0.25, 0.3) is 5.69 Å². The number of benzene rings is 1. The highest BCUT2D eigenvalue weighted by Crippen LogP contribution is 2.26. The Labute approximate surface area is 168 Å². The van der Waals surface area contributed by atoms with E-state index in [0.29, 0.717) is 36.2 Å². The first-order valence-electron chi connectivity index (χ1n) is 9.08. The Kier molecular flexibility index (Phi) is 6.55. The van der Waals surface area contributed by atoms with Gasteiger partial charge in [-0.3, -0.25) is 4.79 Å². The van der Waals surface area contributed by atoms with Crippen molar-refractivity contribution in [2.75, 3.05) is 30.4 Å². The first kappa shape index (κ1) is 20.6. The van der Waals surface area contributed by atoms with Gasteiger partial charge in [0.2, 0.25) is 11.1 Å². The molecule has 3 rings (SSSR count). The second-order valence-electron chi connectivity index (χ2n) is 6.30. The third kappa shape index (κ3) is 4.64. The second kappa shape index (κ2) is 8.91. The van der Waals surface area contributed by atoms with Crippen molar-refractivity contribution in [2.24, 2.45) is 0 Å². The van der Waals surface area contributed by atoms with Gasteiger partial charge in [-0.15, -0.1) is 5.10 Å². The van der Waals surface area contributed by atoms with Gasteiger partial charge in [0.25, 0.3) is 0 Å². The monoisotopic (exact) mass is 425 g/mol. The minimum atomic E-state index is -3.05. The molecule has 0 unspecified atom stereocenters. The van der Waals surface area contributed by atoms with E-state index in [1.165, 1.54) is 11.8 Å². The molecular weight excluding hydrogens is 402 g/mol. The maximum absolute atomic E-state index is 12.7. The largest absolute Gasteiger partial charge is 0.492 e. The number of tetrazole rings is 1. The third-order valence-corrected chi connectivity index (χ3v) is 7.12. The fourth-order valence-corrected chi connectivity index (χ4v) is 5.70. The molecule has 28 heavy (non-hydrogen) atoms. The minimum absolute atomic E-state index is 0.0384. The van der Waals surface area contributed by atoms with E-state index >= 15 is 0 Å². The Morgan fingerprint density at radius 1 is 1.36 bits per heavy atom. The molecule has 11 heteroatoms. The predicted molar refractivity (Wildman–Crippen MR) is 105 cm³/mol. The molecule has 0 N–H and O–H groups in total. The summed E-state index contributed by atoms with van der Waals surface area (Å²) in [5.74, 6) is 0.832. The van der Waals surface area contributed by atoms with Crippen LogP contribution in [0.3, 0.4) is 0 Å². The van der Waals surface area contributed by atoms with Crippen LogP contribution in [0, 0.1) is 0 Å². The average Bonchev–Trinajstić information content (AvgIpc) is 3.27. The lowest BCUT2D eigenvalue weighted by atomic mass is 10.2. The summed E-state index contributed by atoms with van der Waals surface area (Å²) in [6.45, 7) is 4.73. The van der Waals surface area contributed by atoms with Crippen LogP contribution in [-0.4, -0.2) is 75.9 Å². The van der Waals surface area contributed by atoms with Crippen LogP contribution in [-0.2, 0) is 14.6 Å². The minimum Gasteiger partial charge on any atom is -0.492 e. The molecule has 1 aliphatic rings. The molecule has 1 atom stereocenters. The lowest BCUT2D eigenvalue weighted by Gasteiger charge is -2.26. The zero-order valence-electron chi connectivity index (χ0n) is 15.8. The molecule has 9 nitrogen and oxygen atoms in total. The van der Waals surface area contributed by atoms with Gasteiger partial charge in [0.1, 0.15) is 11.4 Å². The lowest BCUT2D eigenvalue weighted by Crippen LogP contribution is -2.42. The predicted octanol–water partition coefficient (Wildman–Crippen LogP) is 1.19. The van der Waals surface area contributed by atoms with Gasteiger partial charge in [-0.1, -0.05) is 23.9 Å². The van der Waals surface area contributed by atoms with Crippen LogP contribution in [0.5, 0.6) is 5.75 Å². The van der Waals surface area contributed by atoms with Gasteiger partial charge in [-0.2, -0.15) is 4.68 Å². The highest BCUT2D eigenvalue weighted by Gasteiger charge is 2.34. The molecule has 2 heterocycles. The average molecular weight is 426 g/mol. The Hall–Kier alpha value is -2.14. The van der Waals surface area contributed by atoms with E-state index in [1.54, 1.807) is 9.58 Å². The van der Waals surface area contributed by atoms with Crippen LogP contribution in [0.1, 0.15) is 20.3 Å². The molecule has 0 spiro atoms. The van der Waals surface area contributed by atoms with Gasteiger partial charge in [0.15, 0.2) is 9.84 Å². The normalized spacial score (nSPS) is 18.1. The zero-order chi connectivity index (χ0) is 20.1. The summed E-state index contributed by atoms with van der Waals surface area (Å²) in [5.41, 5.74) is 0.693. The van der Waals surface area contributed by atoms with Crippen molar-refractivity contribution >= 4 is 27.5 Å². The van der Waals surface area contributed by atoms with E-state index in [2.05, 4.69) is 15.5 Å². The summed E-state index contributed by atoms with van der Waals surface area (Å²) in [7, 11) is -3.05. The fourth-order valence-electron chi connectivity index (χ4n) is 3.20. The molecule has 0 radical (unpaired) electrons. The van der Waals surface area contributed by atoms with Gasteiger partial charge >= 0.3 is 0 Å². The number of para-hydroxylation sites is 2. The van der Waals surface area contributed by atoms with E-state index < -0.39 is 9.84 Å². The first-order valence-corrected chi connectivity index (χ1v) is 11.9. The van der Waals surface area contributed by atoms with Crippen molar-refractivity contribution in [3.8, 4) is 11.4 Å². The molecule has 1 aromatic carbocycles. The highest BCUT2D eigenvalue weighted by molar-refractivity contribution is 7.99. The van der Waals surface area contributed by atoms with Crippen molar-refractivity contribution in [3.05, 3.63) is 24.3 Å². The number of hydrogen-bond donors (Lipinski definition) is 0. The van der Waals surface area contributed by atoms with Gasteiger partial charge in [0, 0.05) is 12.6 Å². The standard InChI is InChI=1S/C17H23N5O4S2/c1-3-21(13-9-10-28(24,25)12-13)16(23)11-27-17-18-19-20-22(17)14-7-5-6-8-15(14)26-4-2/h5-8,13H,3-4,9-12H2,1-2H3/t13-/m1/s1. The van der Waals surface area contributed by atoms with E-state index in [0.717, 1.165) is 0 Å². The summed E-state index contributed by atoms with van der Waals surface area (Å²) in [6.07, 6.45) is 0.492. The number of carbonyl (C=O) groups is 1. The number of rotatable bonds is 8. The maximum Gasteiger partial charge on any atom is 0.233 e. The molecule has 0 saturated carbocycles. The van der Waals surface area contributed by atoms with Crippen LogP contribution < -0.4 is 4.74 Å². The number of aromatic nitrogens is 4. The van der Waals surface area contributed by atoms with Crippen molar-refractivity contribution in [1.29, 1.82) is 0 Å². The van der Waals surface area contributed by atoms with E-state index in [1.807, 2.05) is 38.1 Å². The van der Waals surface area contributed by atoms with E-state index in [-0.39, 0.29) is 29.2 Å². The highest BCUT2D eigenvalue weighted by atomic mass is 32.2. The van der Waals surface area contributed by atoms with Crippen LogP contribution in [0.4, 0.5) is 0 Å². The maximum atomic E-state index is 12.7. The molecule has 1 fully saturated rings. The van der Waals surface area contributed by atoms with Crippen LogP contribution >= 0.6 is 11.8 Å². The van der Waals surface area contributed by atoms with Crippen molar-refractivity contribution in [2.45, 2.75) is 31.5 Å². The number of sulfone groups is 1. The number of carbonyl (C=O) groups excluding carboxylic acids is 1.